The van der Waals surface area contributed by atoms with Crippen LogP contribution in [0.2, 0.25) is 0 Å². The maximum Gasteiger partial charge on any atom is 0.198 e. The molecule has 0 saturated heterocycles. The zero-order chi connectivity index (χ0) is 16.7. The Morgan fingerprint density at radius 2 is 2.26 bits per heavy atom. The van der Waals surface area contributed by atoms with Gasteiger partial charge in [-0.3, -0.25) is 4.98 Å². The molecule has 0 aliphatic heterocycles. The Balaban J connectivity index is 2.18. The van der Waals surface area contributed by atoms with Gasteiger partial charge < -0.3 is 9.84 Å². The van der Waals surface area contributed by atoms with E-state index in [1.807, 2.05) is 26.1 Å². The Bertz CT molecular complexity index is 585. The molecule has 0 bridgehead atoms. The lowest BCUT2D eigenvalue weighted by molar-refractivity contribution is -0.101. The van der Waals surface area contributed by atoms with Crippen LogP contribution in [-0.2, 0) is 24.0 Å². The van der Waals surface area contributed by atoms with Crippen molar-refractivity contribution in [1.82, 2.24) is 4.98 Å². The van der Waals surface area contributed by atoms with Crippen LogP contribution in [0.5, 0.6) is 0 Å². The van der Waals surface area contributed by atoms with Gasteiger partial charge in [-0.25, -0.2) is 4.99 Å². The number of aromatic nitrogens is 1. The maximum atomic E-state index is 10.1. The highest BCUT2D eigenvalue weighted by atomic mass is 35.5. The smallest absolute Gasteiger partial charge is 0.198 e. The van der Waals surface area contributed by atoms with Crippen LogP contribution in [0, 0.1) is 0 Å². The standard InChI is InChI=1S/C18H25ClN2O2/c1-3-17(19)20-11-7-8-13-12-16(18(22)23-4-2)21-15-10-6-5-9-14(13)15/h3,11-12,18,22H,4-10H2,1-2H3/b17-3-,20-11-. The zero-order valence-electron chi connectivity index (χ0n) is 13.9. The summed E-state index contributed by atoms with van der Waals surface area (Å²) >= 11 is 5.87. The number of halogens is 1. The first-order valence-electron chi connectivity index (χ1n) is 8.31. The van der Waals surface area contributed by atoms with E-state index in [0.717, 1.165) is 37.8 Å². The van der Waals surface area contributed by atoms with Gasteiger partial charge >= 0.3 is 0 Å². The number of aryl methyl sites for hydroxylation is 2. The minimum atomic E-state index is -0.947. The number of aliphatic hydroxyl groups is 1. The van der Waals surface area contributed by atoms with E-state index < -0.39 is 6.29 Å². The molecule has 1 heterocycles. The van der Waals surface area contributed by atoms with Gasteiger partial charge in [0, 0.05) is 18.5 Å². The maximum absolute atomic E-state index is 10.1. The lowest BCUT2D eigenvalue weighted by atomic mass is 9.90. The summed E-state index contributed by atoms with van der Waals surface area (Å²) in [6, 6.07) is 1.98. The van der Waals surface area contributed by atoms with Gasteiger partial charge in [-0.15, -0.1) is 0 Å². The second-order valence-electron chi connectivity index (χ2n) is 5.61. The van der Waals surface area contributed by atoms with Crippen molar-refractivity contribution in [3.8, 4) is 0 Å². The molecule has 4 nitrogen and oxygen atoms in total. The van der Waals surface area contributed by atoms with Crippen molar-refractivity contribution in [1.29, 1.82) is 0 Å². The molecule has 0 fully saturated rings. The predicted molar refractivity (Wildman–Crippen MR) is 93.9 cm³/mol. The first-order chi connectivity index (χ1) is 11.2. The molecular weight excluding hydrogens is 312 g/mol. The van der Waals surface area contributed by atoms with E-state index in [1.165, 1.54) is 17.5 Å². The molecule has 23 heavy (non-hydrogen) atoms. The number of rotatable bonds is 7. The summed E-state index contributed by atoms with van der Waals surface area (Å²) in [5.41, 5.74) is 4.32. The molecule has 1 aromatic heterocycles. The Morgan fingerprint density at radius 3 is 3.00 bits per heavy atom. The molecule has 1 unspecified atom stereocenters. The normalized spacial score (nSPS) is 16.6. The second kappa shape index (κ2) is 9.16. The number of aliphatic hydroxyl groups excluding tert-OH is 1. The van der Waals surface area contributed by atoms with Crippen LogP contribution in [0.4, 0.5) is 0 Å². The van der Waals surface area contributed by atoms with Crippen LogP contribution < -0.4 is 0 Å². The first-order valence-corrected chi connectivity index (χ1v) is 8.69. The molecule has 1 aromatic rings. The molecule has 0 radical (unpaired) electrons. The number of hydrogen-bond acceptors (Lipinski definition) is 4. The molecule has 1 N–H and O–H groups in total. The number of nitrogens with zero attached hydrogens (tertiary/aromatic N) is 2. The average molecular weight is 337 g/mol. The number of fused-ring (bicyclic) bond motifs is 1. The summed E-state index contributed by atoms with van der Waals surface area (Å²) in [5.74, 6) is 0. The van der Waals surface area contributed by atoms with Crippen molar-refractivity contribution in [2.75, 3.05) is 6.61 Å². The molecule has 126 valence electrons. The fraction of sp³-hybridized carbons (Fsp3) is 0.556. The second-order valence-corrected chi connectivity index (χ2v) is 6.00. The number of pyridine rings is 1. The third-order valence-electron chi connectivity index (χ3n) is 3.99. The van der Waals surface area contributed by atoms with Gasteiger partial charge in [0.2, 0.25) is 0 Å². The Morgan fingerprint density at radius 1 is 1.48 bits per heavy atom. The van der Waals surface area contributed by atoms with Crippen LogP contribution in [0.25, 0.3) is 0 Å². The van der Waals surface area contributed by atoms with Gasteiger partial charge in [0.05, 0.1) is 5.69 Å². The minimum Gasteiger partial charge on any atom is -0.363 e. The summed E-state index contributed by atoms with van der Waals surface area (Å²) in [4.78, 5) is 8.79. The molecule has 5 heteroatoms. The predicted octanol–water partition coefficient (Wildman–Crippen LogP) is 4.09. The summed E-state index contributed by atoms with van der Waals surface area (Å²) in [6.45, 7) is 4.19. The topological polar surface area (TPSA) is 54.7 Å². The SMILES string of the molecule is C/C=C(Cl)\N=C/CCc1cc(C(O)OCC)nc2c1CCCC2. The highest BCUT2D eigenvalue weighted by Gasteiger charge is 2.19. The Labute approximate surface area is 143 Å². The van der Waals surface area contributed by atoms with Gasteiger partial charge in [0.15, 0.2) is 6.29 Å². The summed E-state index contributed by atoms with van der Waals surface area (Å²) in [7, 11) is 0. The van der Waals surface area contributed by atoms with Crippen molar-refractivity contribution in [3.63, 3.8) is 0 Å². The number of ether oxygens (including phenoxy) is 1. The largest absolute Gasteiger partial charge is 0.363 e. The molecule has 0 aromatic carbocycles. The summed E-state index contributed by atoms with van der Waals surface area (Å²) < 4.78 is 5.29. The molecule has 1 aliphatic carbocycles. The molecule has 1 atom stereocenters. The van der Waals surface area contributed by atoms with Crippen LogP contribution in [-0.4, -0.2) is 22.9 Å². The van der Waals surface area contributed by atoms with Gasteiger partial charge in [-0.05, 0) is 69.6 Å². The van der Waals surface area contributed by atoms with Gasteiger partial charge in [0.25, 0.3) is 0 Å². The molecule has 0 spiro atoms. The minimum absolute atomic E-state index is 0.462. The zero-order valence-corrected chi connectivity index (χ0v) is 14.6. The van der Waals surface area contributed by atoms with E-state index in [-0.39, 0.29) is 0 Å². The number of hydrogen-bond donors (Lipinski definition) is 1. The number of allylic oxidation sites excluding steroid dienone is 1. The third kappa shape index (κ3) is 5.13. The molecule has 0 amide bonds. The average Bonchev–Trinajstić information content (AvgIpc) is 2.58. The highest BCUT2D eigenvalue weighted by Crippen LogP contribution is 2.27. The van der Waals surface area contributed by atoms with Crippen LogP contribution >= 0.6 is 11.6 Å². The lowest BCUT2D eigenvalue weighted by Gasteiger charge is -2.21. The van der Waals surface area contributed by atoms with Gasteiger partial charge in [0.1, 0.15) is 5.16 Å². The first kappa shape index (κ1) is 18.1. The Hall–Kier alpha value is -1.23. The lowest BCUT2D eigenvalue weighted by Crippen LogP contribution is -2.14. The van der Waals surface area contributed by atoms with E-state index >= 15 is 0 Å². The van der Waals surface area contributed by atoms with Crippen molar-refractivity contribution in [3.05, 3.63) is 39.8 Å². The van der Waals surface area contributed by atoms with E-state index in [0.29, 0.717) is 17.5 Å². The van der Waals surface area contributed by atoms with Crippen molar-refractivity contribution in [2.24, 2.45) is 4.99 Å². The molecular formula is C18H25ClN2O2. The fourth-order valence-corrected chi connectivity index (χ4v) is 2.92. The van der Waals surface area contributed by atoms with Crippen molar-refractivity contribution < 1.29 is 9.84 Å². The van der Waals surface area contributed by atoms with E-state index in [2.05, 4.69) is 9.98 Å². The van der Waals surface area contributed by atoms with Crippen LogP contribution in [0.1, 0.15) is 61.9 Å². The fourth-order valence-electron chi connectivity index (χ4n) is 2.85. The van der Waals surface area contributed by atoms with E-state index in [9.17, 15) is 5.11 Å². The summed E-state index contributed by atoms with van der Waals surface area (Å²) in [5, 5.41) is 10.6. The van der Waals surface area contributed by atoms with Crippen molar-refractivity contribution in [2.45, 2.75) is 58.7 Å². The monoisotopic (exact) mass is 336 g/mol. The molecule has 2 rings (SSSR count). The molecule has 1 aliphatic rings. The van der Waals surface area contributed by atoms with E-state index in [4.69, 9.17) is 16.3 Å². The van der Waals surface area contributed by atoms with Gasteiger partial charge in [-0.1, -0.05) is 17.7 Å². The third-order valence-corrected chi connectivity index (χ3v) is 4.30. The van der Waals surface area contributed by atoms with Crippen LogP contribution in [0.15, 0.2) is 22.3 Å². The van der Waals surface area contributed by atoms with Crippen molar-refractivity contribution >= 4 is 17.8 Å². The highest BCUT2D eigenvalue weighted by molar-refractivity contribution is 6.29. The van der Waals surface area contributed by atoms with Crippen LogP contribution in [0.3, 0.4) is 0 Å². The van der Waals surface area contributed by atoms with E-state index in [1.54, 1.807) is 6.08 Å². The number of aliphatic imine (C=N–C) groups is 1. The molecule has 0 saturated carbocycles. The summed E-state index contributed by atoms with van der Waals surface area (Å²) in [6.07, 6.45) is 8.75. The van der Waals surface area contributed by atoms with Gasteiger partial charge in [-0.2, -0.15) is 0 Å². The Kier molecular flexibility index (Phi) is 7.21. The quantitative estimate of drug-likeness (QED) is 0.463.